The summed E-state index contributed by atoms with van der Waals surface area (Å²) in [5, 5.41) is 9.60. The number of hydrogen-bond acceptors (Lipinski definition) is 5. The Labute approximate surface area is 171 Å². The summed E-state index contributed by atoms with van der Waals surface area (Å²) in [5.74, 6) is 0.435. The molecule has 1 aromatic rings. The lowest BCUT2D eigenvalue weighted by Gasteiger charge is -2.38. The summed E-state index contributed by atoms with van der Waals surface area (Å²) < 4.78 is 35.9. The van der Waals surface area contributed by atoms with Crippen molar-refractivity contribution in [3.8, 4) is 5.75 Å². The number of rotatable bonds is 4. The summed E-state index contributed by atoms with van der Waals surface area (Å²) in [6.45, 7) is 4.23. The first kappa shape index (κ1) is 20.6. The molecule has 0 bridgehead atoms. The van der Waals surface area contributed by atoms with Crippen molar-refractivity contribution >= 4 is 11.3 Å². The van der Waals surface area contributed by atoms with Crippen LogP contribution in [0.15, 0.2) is 12.1 Å². The van der Waals surface area contributed by atoms with Crippen LogP contribution in [0.25, 0.3) is 5.57 Å². The molecule has 4 unspecified atom stereocenters. The van der Waals surface area contributed by atoms with Crippen LogP contribution in [0.1, 0.15) is 37.3 Å². The molecule has 0 aromatic heterocycles. The first-order valence-corrected chi connectivity index (χ1v) is 10.7. The smallest absolute Gasteiger partial charge is 0.157 e. The molecule has 29 heavy (non-hydrogen) atoms. The summed E-state index contributed by atoms with van der Waals surface area (Å²) >= 11 is 0. The second kappa shape index (κ2) is 8.58. The Bertz CT molecular complexity index is 785. The third-order valence-electron chi connectivity index (χ3n) is 6.38. The van der Waals surface area contributed by atoms with Crippen molar-refractivity contribution in [3.63, 3.8) is 0 Å². The van der Waals surface area contributed by atoms with Gasteiger partial charge in [-0.05, 0) is 58.5 Å². The highest BCUT2D eigenvalue weighted by Gasteiger charge is 2.35. The highest BCUT2D eigenvalue weighted by molar-refractivity contribution is 5.77. The number of piperidine rings is 1. The molecule has 3 heterocycles. The lowest BCUT2D eigenvalue weighted by molar-refractivity contribution is 0.143. The van der Waals surface area contributed by atoms with Gasteiger partial charge in [-0.2, -0.15) is 0 Å². The number of benzene rings is 1. The molecular weight excluding hydrogens is 374 g/mol. The SMILES string of the molecule is CNC1CC(Nc2cc3c(c(C4=CCN(C)CCC4)c2F)OCC3)NC(C)C1F. The van der Waals surface area contributed by atoms with E-state index in [9.17, 15) is 4.39 Å². The molecule has 0 aliphatic carbocycles. The van der Waals surface area contributed by atoms with Gasteiger partial charge in [0.25, 0.3) is 0 Å². The zero-order valence-electron chi connectivity index (χ0n) is 17.5. The fourth-order valence-corrected chi connectivity index (χ4v) is 4.70. The minimum absolute atomic E-state index is 0.202. The quantitative estimate of drug-likeness (QED) is 0.718. The lowest BCUT2D eigenvalue weighted by Crippen LogP contribution is -2.59. The Morgan fingerprint density at radius 1 is 1.31 bits per heavy atom. The van der Waals surface area contributed by atoms with Crippen LogP contribution in [0.2, 0.25) is 0 Å². The van der Waals surface area contributed by atoms with Gasteiger partial charge < -0.3 is 20.3 Å². The van der Waals surface area contributed by atoms with Gasteiger partial charge in [-0.3, -0.25) is 5.32 Å². The Hall–Kier alpha value is -1.70. The van der Waals surface area contributed by atoms with Crippen molar-refractivity contribution < 1.29 is 13.5 Å². The topological polar surface area (TPSA) is 48.6 Å². The molecule has 1 fully saturated rings. The van der Waals surface area contributed by atoms with E-state index in [0.29, 0.717) is 30.0 Å². The second-order valence-corrected chi connectivity index (χ2v) is 8.52. The summed E-state index contributed by atoms with van der Waals surface area (Å²) in [7, 11) is 3.86. The number of fused-ring (bicyclic) bond motifs is 1. The standard InChI is InChI=1S/C22H32F2N4O/c1-13-20(23)16(25-2)12-18(26-13)27-17-11-15-7-10-29-22(15)19(21(17)24)14-5-4-8-28(3)9-6-14/h6,11,13,16,18,20,25-27H,4-5,7-10,12H2,1-3H3. The molecule has 7 heteroatoms. The average molecular weight is 407 g/mol. The van der Waals surface area contributed by atoms with Crippen molar-refractivity contribution in [1.82, 2.24) is 15.5 Å². The van der Waals surface area contributed by atoms with Gasteiger partial charge in [0.2, 0.25) is 0 Å². The molecule has 0 amide bonds. The predicted molar refractivity (Wildman–Crippen MR) is 113 cm³/mol. The van der Waals surface area contributed by atoms with Crippen LogP contribution in [0.4, 0.5) is 14.5 Å². The summed E-state index contributed by atoms with van der Waals surface area (Å²) in [4.78, 5) is 2.24. The van der Waals surface area contributed by atoms with E-state index in [4.69, 9.17) is 4.74 Å². The van der Waals surface area contributed by atoms with Crippen molar-refractivity contribution in [2.24, 2.45) is 0 Å². The Morgan fingerprint density at radius 3 is 2.93 bits per heavy atom. The number of nitrogens with zero attached hydrogens (tertiary/aromatic N) is 1. The van der Waals surface area contributed by atoms with Crippen LogP contribution in [0, 0.1) is 5.82 Å². The molecular formula is C22H32F2N4O. The van der Waals surface area contributed by atoms with E-state index in [1.807, 2.05) is 13.0 Å². The summed E-state index contributed by atoms with van der Waals surface area (Å²) in [5.41, 5.74) is 3.14. The van der Waals surface area contributed by atoms with Crippen LogP contribution in [-0.2, 0) is 6.42 Å². The molecule has 4 atom stereocenters. The Morgan fingerprint density at radius 2 is 2.14 bits per heavy atom. The van der Waals surface area contributed by atoms with E-state index in [1.165, 1.54) is 0 Å². The highest BCUT2D eigenvalue weighted by Crippen LogP contribution is 2.42. The number of allylic oxidation sites excluding steroid dienone is 1. The molecule has 3 aliphatic heterocycles. The minimum atomic E-state index is -0.972. The number of anilines is 1. The minimum Gasteiger partial charge on any atom is -0.492 e. The monoisotopic (exact) mass is 406 g/mol. The molecule has 3 aliphatic rings. The van der Waals surface area contributed by atoms with E-state index in [1.54, 1.807) is 7.05 Å². The second-order valence-electron chi connectivity index (χ2n) is 8.52. The van der Waals surface area contributed by atoms with Crippen LogP contribution >= 0.6 is 0 Å². The van der Waals surface area contributed by atoms with Gasteiger partial charge in [0.05, 0.1) is 24.0 Å². The zero-order valence-corrected chi connectivity index (χ0v) is 17.5. The van der Waals surface area contributed by atoms with Gasteiger partial charge in [-0.25, -0.2) is 8.78 Å². The van der Waals surface area contributed by atoms with E-state index in [-0.39, 0.29) is 24.1 Å². The number of hydrogen-bond donors (Lipinski definition) is 3. The zero-order chi connectivity index (χ0) is 20.5. The van der Waals surface area contributed by atoms with Crippen LogP contribution in [0.3, 0.4) is 0 Å². The number of alkyl halides is 1. The maximum absolute atomic E-state index is 15.7. The average Bonchev–Trinajstić information content (AvgIpc) is 3.05. The molecule has 0 saturated carbocycles. The lowest BCUT2D eigenvalue weighted by atomic mass is 9.94. The molecule has 4 rings (SSSR count). The third-order valence-corrected chi connectivity index (χ3v) is 6.38. The van der Waals surface area contributed by atoms with E-state index in [0.717, 1.165) is 43.5 Å². The fraction of sp³-hybridized carbons (Fsp3) is 0.636. The molecule has 3 N–H and O–H groups in total. The van der Waals surface area contributed by atoms with Crippen molar-refractivity contribution in [3.05, 3.63) is 29.1 Å². The van der Waals surface area contributed by atoms with Gasteiger partial charge in [0.1, 0.15) is 11.9 Å². The summed E-state index contributed by atoms with van der Waals surface area (Å²) in [6, 6.07) is 1.30. The van der Waals surface area contributed by atoms with Crippen LogP contribution < -0.4 is 20.7 Å². The molecule has 1 aromatic carbocycles. The Balaban J connectivity index is 1.65. The maximum Gasteiger partial charge on any atom is 0.157 e. The first-order valence-electron chi connectivity index (χ1n) is 10.7. The molecule has 160 valence electrons. The van der Waals surface area contributed by atoms with E-state index >= 15 is 4.39 Å². The third kappa shape index (κ3) is 4.13. The maximum atomic E-state index is 15.7. The number of nitrogens with one attached hydrogen (secondary N) is 3. The van der Waals surface area contributed by atoms with Crippen molar-refractivity contribution in [1.29, 1.82) is 0 Å². The van der Waals surface area contributed by atoms with Gasteiger partial charge in [-0.15, -0.1) is 0 Å². The van der Waals surface area contributed by atoms with Gasteiger partial charge in [-0.1, -0.05) is 6.08 Å². The van der Waals surface area contributed by atoms with Crippen LogP contribution in [-0.4, -0.2) is 63.1 Å². The van der Waals surface area contributed by atoms with Gasteiger partial charge >= 0.3 is 0 Å². The van der Waals surface area contributed by atoms with Gasteiger partial charge in [0, 0.05) is 30.6 Å². The number of halogens is 2. The molecule has 0 radical (unpaired) electrons. The fourth-order valence-electron chi connectivity index (χ4n) is 4.70. The number of likely N-dealkylation sites (N-methyl/N-ethyl adjacent to an activating group) is 1. The largest absolute Gasteiger partial charge is 0.492 e. The van der Waals surface area contributed by atoms with Gasteiger partial charge in [0.15, 0.2) is 5.82 Å². The molecule has 5 nitrogen and oxygen atoms in total. The summed E-state index contributed by atoms with van der Waals surface area (Å²) in [6.07, 6.45) is 4.11. The molecule has 1 saturated heterocycles. The van der Waals surface area contributed by atoms with Crippen LogP contribution in [0.5, 0.6) is 5.75 Å². The number of ether oxygens (including phenoxy) is 1. The van der Waals surface area contributed by atoms with Crippen molar-refractivity contribution in [2.45, 2.75) is 57.0 Å². The van der Waals surface area contributed by atoms with E-state index in [2.05, 4.69) is 34.0 Å². The van der Waals surface area contributed by atoms with Crippen molar-refractivity contribution in [2.75, 3.05) is 39.1 Å². The predicted octanol–water partition coefficient (Wildman–Crippen LogP) is 2.92. The Kier molecular flexibility index (Phi) is 6.08. The highest BCUT2D eigenvalue weighted by atomic mass is 19.1. The van der Waals surface area contributed by atoms with E-state index < -0.39 is 6.17 Å². The molecule has 0 spiro atoms. The first-order chi connectivity index (χ1) is 14.0. The normalized spacial score (nSPS) is 30.3.